The number of hydrogen-bond donors (Lipinski definition) is 2. The monoisotopic (exact) mass is 326 g/mol. The number of carbonyl (C=O) groups is 1. The number of aromatic nitrogens is 1. The zero-order chi connectivity index (χ0) is 16.2. The molecule has 4 nitrogen and oxygen atoms in total. The van der Waals surface area contributed by atoms with Gasteiger partial charge in [-0.3, -0.25) is 4.79 Å². The molecule has 0 saturated heterocycles. The molecule has 1 atom stereocenters. The molecule has 0 radical (unpaired) electrons. The third-order valence-electron chi connectivity index (χ3n) is 3.60. The minimum absolute atomic E-state index is 0.125. The highest BCUT2D eigenvalue weighted by atomic mass is 35.5. The molecule has 2 aromatic carbocycles. The highest BCUT2D eigenvalue weighted by Crippen LogP contribution is 2.20. The predicted molar refractivity (Wildman–Crippen MR) is 90.5 cm³/mol. The van der Waals surface area contributed by atoms with Crippen molar-refractivity contribution < 1.29 is 9.90 Å². The molecule has 2 N–H and O–H groups in total. The fraction of sp³-hybridized carbons (Fsp3) is 0.111. The number of hydrogen-bond acceptors (Lipinski definition) is 3. The number of amides is 1. The summed E-state index contributed by atoms with van der Waals surface area (Å²) in [5, 5.41) is 15.5. The van der Waals surface area contributed by atoms with Crippen molar-refractivity contribution >= 4 is 28.3 Å². The molecular formula is C18H15ClN2O2. The molecule has 0 saturated carbocycles. The van der Waals surface area contributed by atoms with Gasteiger partial charge in [-0.1, -0.05) is 48.0 Å². The maximum Gasteiger partial charge on any atom is 0.252 e. The smallest absolute Gasteiger partial charge is 0.252 e. The van der Waals surface area contributed by atoms with Crippen LogP contribution in [0.5, 0.6) is 0 Å². The Balaban J connectivity index is 1.67. The zero-order valence-corrected chi connectivity index (χ0v) is 13.0. The first-order valence-corrected chi connectivity index (χ1v) is 7.58. The zero-order valence-electron chi connectivity index (χ0n) is 12.2. The number of benzene rings is 2. The third kappa shape index (κ3) is 3.67. The number of fused-ring (bicyclic) bond motifs is 1. The van der Waals surface area contributed by atoms with Gasteiger partial charge in [0, 0.05) is 12.7 Å². The van der Waals surface area contributed by atoms with E-state index in [4.69, 9.17) is 11.6 Å². The van der Waals surface area contributed by atoms with Gasteiger partial charge in [0.05, 0.1) is 11.7 Å². The van der Waals surface area contributed by atoms with Gasteiger partial charge in [0.15, 0.2) is 0 Å². The number of nitrogens with one attached hydrogen (secondary N) is 1. The van der Waals surface area contributed by atoms with Gasteiger partial charge in [0.1, 0.15) is 5.15 Å². The molecule has 3 rings (SSSR count). The predicted octanol–water partition coefficient (Wildman–Crippen LogP) is 3.35. The molecule has 0 aliphatic carbocycles. The molecule has 0 aliphatic rings. The average molecular weight is 327 g/mol. The van der Waals surface area contributed by atoms with Crippen LogP contribution in [0.3, 0.4) is 0 Å². The molecule has 1 heterocycles. The van der Waals surface area contributed by atoms with Gasteiger partial charge in [-0.2, -0.15) is 0 Å². The van der Waals surface area contributed by atoms with Crippen LogP contribution in [0, 0.1) is 0 Å². The molecule has 1 unspecified atom stereocenters. The fourth-order valence-electron chi connectivity index (χ4n) is 2.33. The number of aliphatic hydroxyl groups excluding tert-OH is 1. The second-order valence-electron chi connectivity index (χ2n) is 5.20. The van der Waals surface area contributed by atoms with Gasteiger partial charge in [0.25, 0.3) is 5.91 Å². The Morgan fingerprint density at radius 1 is 1.13 bits per heavy atom. The second kappa shape index (κ2) is 6.77. The third-order valence-corrected chi connectivity index (χ3v) is 3.83. The first-order chi connectivity index (χ1) is 11.1. The van der Waals surface area contributed by atoms with Gasteiger partial charge in [0.2, 0.25) is 0 Å². The number of rotatable bonds is 4. The second-order valence-corrected chi connectivity index (χ2v) is 5.59. The van der Waals surface area contributed by atoms with Gasteiger partial charge >= 0.3 is 0 Å². The highest BCUT2D eigenvalue weighted by Gasteiger charge is 2.11. The number of aliphatic hydroxyl groups is 1. The quantitative estimate of drug-likeness (QED) is 0.723. The van der Waals surface area contributed by atoms with Crippen molar-refractivity contribution in [3.8, 4) is 0 Å². The molecule has 0 fully saturated rings. The Morgan fingerprint density at radius 2 is 1.91 bits per heavy atom. The molecule has 5 heteroatoms. The lowest BCUT2D eigenvalue weighted by Gasteiger charge is -2.13. The maximum atomic E-state index is 12.0. The van der Waals surface area contributed by atoms with Crippen molar-refractivity contribution in [3.63, 3.8) is 0 Å². The summed E-state index contributed by atoms with van der Waals surface area (Å²) in [6, 6.07) is 16.8. The van der Waals surface area contributed by atoms with Gasteiger partial charge in [-0.25, -0.2) is 4.98 Å². The summed E-state index contributed by atoms with van der Waals surface area (Å²) in [6.07, 6.45) is 0.629. The summed E-state index contributed by atoms with van der Waals surface area (Å²) in [7, 11) is 0. The molecule has 0 aliphatic heterocycles. The number of pyridine rings is 1. The van der Waals surface area contributed by atoms with Gasteiger partial charge in [-0.15, -0.1) is 0 Å². The Bertz CT molecular complexity index is 834. The van der Waals surface area contributed by atoms with E-state index in [-0.39, 0.29) is 12.5 Å². The van der Waals surface area contributed by atoms with Gasteiger partial charge in [-0.05, 0) is 34.5 Å². The molecule has 1 aromatic heterocycles. The maximum absolute atomic E-state index is 12.0. The minimum atomic E-state index is -0.774. The minimum Gasteiger partial charge on any atom is -0.387 e. The topological polar surface area (TPSA) is 62.2 Å². The van der Waals surface area contributed by atoms with Crippen LogP contribution in [-0.4, -0.2) is 22.5 Å². The molecule has 3 aromatic rings. The normalized spacial score (nSPS) is 12.1. The van der Waals surface area contributed by atoms with Crippen molar-refractivity contribution in [2.45, 2.75) is 6.10 Å². The molecule has 1 amide bonds. The Hall–Kier alpha value is -2.43. The number of halogens is 1. The lowest BCUT2D eigenvalue weighted by Crippen LogP contribution is -2.28. The lowest BCUT2D eigenvalue weighted by molar-refractivity contribution is 0.0916. The lowest BCUT2D eigenvalue weighted by atomic mass is 10.0. The SMILES string of the molecule is O=C(NCC(O)c1ccc2ccccc2c1)c1ccc(Cl)nc1. The summed E-state index contributed by atoms with van der Waals surface area (Å²) < 4.78 is 0. The van der Waals surface area contributed by atoms with Crippen molar-refractivity contribution in [3.05, 3.63) is 77.1 Å². The molecular weight excluding hydrogens is 312 g/mol. The number of nitrogens with zero attached hydrogens (tertiary/aromatic N) is 1. The van der Waals surface area contributed by atoms with E-state index in [0.717, 1.165) is 16.3 Å². The summed E-state index contributed by atoms with van der Waals surface area (Å²) >= 11 is 5.69. The van der Waals surface area contributed by atoms with Crippen molar-refractivity contribution in [2.24, 2.45) is 0 Å². The van der Waals surface area contributed by atoms with E-state index < -0.39 is 6.10 Å². The summed E-state index contributed by atoms with van der Waals surface area (Å²) in [4.78, 5) is 15.9. The Kier molecular flexibility index (Phi) is 4.55. The van der Waals surface area contributed by atoms with Crippen LogP contribution in [0.1, 0.15) is 22.0 Å². The largest absolute Gasteiger partial charge is 0.387 e. The first kappa shape index (κ1) is 15.5. The van der Waals surface area contributed by atoms with E-state index in [1.54, 1.807) is 12.1 Å². The standard InChI is InChI=1S/C18H15ClN2O2/c19-17-8-7-15(10-20-17)18(23)21-11-16(22)14-6-5-12-3-1-2-4-13(12)9-14/h1-10,16,22H,11H2,(H,21,23). The van der Waals surface area contributed by atoms with Crippen LogP contribution in [0.2, 0.25) is 5.15 Å². The Morgan fingerprint density at radius 3 is 2.65 bits per heavy atom. The van der Waals surface area contributed by atoms with Crippen LogP contribution >= 0.6 is 11.6 Å². The van der Waals surface area contributed by atoms with Crippen molar-refractivity contribution in [2.75, 3.05) is 6.54 Å². The van der Waals surface area contributed by atoms with Gasteiger partial charge < -0.3 is 10.4 Å². The molecule has 116 valence electrons. The summed E-state index contributed by atoms with van der Waals surface area (Å²) in [5.74, 6) is -0.297. The van der Waals surface area contributed by atoms with Crippen LogP contribution in [0.4, 0.5) is 0 Å². The van der Waals surface area contributed by atoms with Crippen LogP contribution in [-0.2, 0) is 0 Å². The van der Waals surface area contributed by atoms with E-state index >= 15 is 0 Å². The van der Waals surface area contributed by atoms with E-state index in [9.17, 15) is 9.90 Å². The van der Waals surface area contributed by atoms with Crippen LogP contribution in [0.25, 0.3) is 10.8 Å². The summed E-state index contributed by atoms with van der Waals surface area (Å²) in [5.41, 5.74) is 1.17. The van der Waals surface area contributed by atoms with Crippen LogP contribution in [0.15, 0.2) is 60.8 Å². The average Bonchev–Trinajstić information content (AvgIpc) is 2.59. The first-order valence-electron chi connectivity index (χ1n) is 7.20. The van der Waals surface area contributed by atoms with E-state index in [1.165, 1.54) is 6.20 Å². The Labute approximate surface area is 138 Å². The fourth-order valence-corrected chi connectivity index (χ4v) is 2.45. The summed E-state index contributed by atoms with van der Waals surface area (Å²) in [6.45, 7) is 0.125. The van der Waals surface area contributed by atoms with E-state index in [0.29, 0.717) is 10.7 Å². The molecule has 0 spiro atoms. The van der Waals surface area contributed by atoms with Crippen LogP contribution < -0.4 is 5.32 Å². The highest BCUT2D eigenvalue weighted by molar-refractivity contribution is 6.29. The van der Waals surface area contributed by atoms with Crippen molar-refractivity contribution in [1.29, 1.82) is 0 Å². The van der Waals surface area contributed by atoms with E-state index in [1.807, 2.05) is 42.5 Å². The van der Waals surface area contributed by atoms with Crippen molar-refractivity contribution in [1.82, 2.24) is 10.3 Å². The number of carbonyl (C=O) groups excluding carboxylic acids is 1. The molecule has 23 heavy (non-hydrogen) atoms. The molecule has 0 bridgehead atoms. The van der Waals surface area contributed by atoms with E-state index in [2.05, 4.69) is 10.3 Å².